The minimum absolute atomic E-state index is 0.380. The number of carbonyl (C=O) groups excluding carboxylic acids is 1. The van der Waals surface area contributed by atoms with E-state index in [4.69, 9.17) is 0 Å². The SMILES string of the molecule is COC(=O)NCCCNc1ccccc1. The van der Waals surface area contributed by atoms with Gasteiger partial charge in [-0.05, 0) is 18.6 Å². The Bertz CT molecular complexity index is 288. The molecule has 0 aromatic heterocycles. The second-order valence-electron chi connectivity index (χ2n) is 3.06. The van der Waals surface area contributed by atoms with E-state index in [1.54, 1.807) is 0 Å². The van der Waals surface area contributed by atoms with E-state index >= 15 is 0 Å². The smallest absolute Gasteiger partial charge is 0.406 e. The highest BCUT2D eigenvalue weighted by Crippen LogP contribution is 2.03. The number of hydrogen-bond donors (Lipinski definition) is 2. The standard InChI is InChI=1S/C11H16N2O2/c1-15-11(14)13-9-5-8-12-10-6-3-2-4-7-10/h2-4,6-7,12H,5,8-9H2,1H3,(H,13,14). The average molecular weight is 208 g/mol. The van der Waals surface area contributed by atoms with E-state index in [0.29, 0.717) is 6.54 Å². The van der Waals surface area contributed by atoms with Gasteiger partial charge in [0.05, 0.1) is 7.11 Å². The highest BCUT2D eigenvalue weighted by atomic mass is 16.5. The van der Waals surface area contributed by atoms with Gasteiger partial charge in [-0.2, -0.15) is 0 Å². The van der Waals surface area contributed by atoms with Crippen molar-refractivity contribution in [3.8, 4) is 0 Å². The van der Waals surface area contributed by atoms with E-state index in [-0.39, 0.29) is 6.09 Å². The highest BCUT2D eigenvalue weighted by molar-refractivity contribution is 5.66. The molecule has 4 nitrogen and oxygen atoms in total. The molecule has 0 aliphatic carbocycles. The fourth-order valence-corrected chi connectivity index (χ4v) is 1.14. The van der Waals surface area contributed by atoms with Crippen LogP contribution in [-0.4, -0.2) is 26.3 Å². The van der Waals surface area contributed by atoms with Crippen molar-refractivity contribution in [2.75, 3.05) is 25.5 Å². The molecule has 0 atom stereocenters. The molecule has 2 N–H and O–H groups in total. The Morgan fingerprint density at radius 3 is 2.67 bits per heavy atom. The third-order valence-electron chi connectivity index (χ3n) is 1.91. The van der Waals surface area contributed by atoms with Crippen molar-refractivity contribution >= 4 is 11.8 Å². The summed E-state index contributed by atoms with van der Waals surface area (Å²) < 4.78 is 4.44. The number of para-hydroxylation sites is 1. The lowest BCUT2D eigenvalue weighted by atomic mass is 10.3. The van der Waals surface area contributed by atoms with E-state index in [0.717, 1.165) is 18.7 Å². The molecule has 1 aromatic rings. The maximum atomic E-state index is 10.7. The minimum atomic E-state index is -0.380. The van der Waals surface area contributed by atoms with Gasteiger partial charge in [0.15, 0.2) is 0 Å². The van der Waals surface area contributed by atoms with E-state index in [2.05, 4.69) is 15.4 Å². The molecule has 1 aromatic carbocycles. The quantitative estimate of drug-likeness (QED) is 0.726. The lowest BCUT2D eigenvalue weighted by Gasteiger charge is -2.06. The van der Waals surface area contributed by atoms with Crippen molar-refractivity contribution in [1.82, 2.24) is 5.32 Å². The summed E-state index contributed by atoms with van der Waals surface area (Å²) in [6, 6.07) is 9.95. The van der Waals surface area contributed by atoms with Crippen LogP contribution in [0.15, 0.2) is 30.3 Å². The van der Waals surface area contributed by atoms with Crippen molar-refractivity contribution in [3.63, 3.8) is 0 Å². The van der Waals surface area contributed by atoms with Crippen LogP contribution in [0.4, 0.5) is 10.5 Å². The van der Waals surface area contributed by atoms with Gasteiger partial charge in [0, 0.05) is 18.8 Å². The van der Waals surface area contributed by atoms with Gasteiger partial charge in [-0.1, -0.05) is 18.2 Å². The third-order valence-corrected chi connectivity index (χ3v) is 1.91. The fraction of sp³-hybridized carbons (Fsp3) is 0.364. The second-order valence-corrected chi connectivity index (χ2v) is 3.06. The summed E-state index contributed by atoms with van der Waals surface area (Å²) in [7, 11) is 1.36. The molecule has 0 saturated heterocycles. The summed E-state index contributed by atoms with van der Waals surface area (Å²) in [6.45, 7) is 1.44. The first-order valence-corrected chi connectivity index (χ1v) is 4.93. The van der Waals surface area contributed by atoms with Crippen LogP contribution in [0.2, 0.25) is 0 Å². The average Bonchev–Trinajstić information content (AvgIpc) is 2.29. The molecule has 1 rings (SSSR count). The Kier molecular flexibility index (Phi) is 5.08. The molecule has 0 unspecified atom stereocenters. The maximum absolute atomic E-state index is 10.7. The van der Waals surface area contributed by atoms with Crippen molar-refractivity contribution < 1.29 is 9.53 Å². The Morgan fingerprint density at radius 1 is 1.27 bits per heavy atom. The number of carbonyl (C=O) groups is 1. The topological polar surface area (TPSA) is 50.4 Å². The van der Waals surface area contributed by atoms with Gasteiger partial charge in [0.25, 0.3) is 0 Å². The van der Waals surface area contributed by atoms with Crippen LogP contribution in [0.25, 0.3) is 0 Å². The summed E-state index contributed by atoms with van der Waals surface area (Å²) in [6.07, 6.45) is 0.485. The van der Waals surface area contributed by atoms with Gasteiger partial charge in [0.2, 0.25) is 0 Å². The molecule has 0 saturated carbocycles. The highest BCUT2D eigenvalue weighted by Gasteiger charge is 1.95. The van der Waals surface area contributed by atoms with Gasteiger partial charge >= 0.3 is 6.09 Å². The Balaban J connectivity index is 2.05. The zero-order valence-corrected chi connectivity index (χ0v) is 8.82. The normalized spacial score (nSPS) is 9.40. The zero-order valence-electron chi connectivity index (χ0n) is 8.82. The maximum Gasteiger partial charge on any atom is 0.406 e. The molecule has 0 aliphatic heterocycles. The molecule has 0 bridgehead atoms. The number of rotatable bonds is 5. The van der Waals surface area contributed by atoms with Crippen LogP contribution in [0.5, 0.6) is 0 Å². The predicted molar refractivity (Wildman–Crippen MR) is 60.0 cm³/mol. The first-order chi connectivity index (χ1) is 7.33. The number of nitrogens with one attached hydrogen (secondary N) is 2. The number of methoxy groups -OCH3 is 1. The monoisotopic (exact) mass is 208 g/mol. The fourth-order valence-electron chi connectivity index (χ4n) is 1.14. The van der Waals surface area contributed by atoms with Crippen molar-refractivity contribution in [2.24, 2.45) is 0 Å². The van der Waals surface area contributed by atoms with Gasteiger partial charge in [-0.3, -0.25) is 0 Å². The summed E-state index contributed by atoms with van der Waals surface area (Å²) in [5, 5.41) is 5.86. The minimum Gasteiger partial charge on any atom is -0.453 e. The molecule has 4 heteroatoms. The molecular weight excluding hydrogens is 192 g/mol. The number of anilines is 1. The Morgan fingerprint density at radius 2 is 2.00 bits per heavy atom. The molecule has 0 aliphatic rings. The largest absolute Gasteiger partial charge is 0.453 e. The van der Waals surface area contributed by atoms with Crippen LogP contribution < -0.4 is 10.6 Å². The predicted octanol–water partition coefficient (Wildman–Crippen LogP) is 1.84. The van der Waals surface area contributed by atoms with Crippen molar-refractivity contribution in [3.05, 3.63) is 30.3 Å². The third kappa shape index (κ3) is 4.90. The van der Waals surface area contributed by atoms with Crippen molar-refractivity contribution in [1.29, 1.82) is 0 Å². The zero-order chi connectivity index (χ0) is 10.9. The van der Waals surface area contributed by atoms with Crippen molar-refractivity contribution in [2.45, 2.75) is 6.42 Å². The van der Waals surface area contributed by atoms with Gasteiger partial charge in [0.1, 0.15) is 0 Å². The number of alkyl carbamates (subject to hydrolysis) is 1. The van der Waals surface area contributed by atoms with E-state index in [9.17, 15) is 4.79 Å². The van der Waals surface area contributed by atoms with Gasteiger partial charge in [-0.25, -0.2) is 4.79 Å². The van der Waals surface area contributed by atoms with E-state index < -0.39 is 0 Å². The molecule has 0 fully saturated rings. The number of ether oxygens (including phenoxy) is 1. The molecule has 1 amide bonds. The summed E-state index contributed by atoms with van der Waals surface area (Å²) >= 11 is 0. The van der Waals surface area contributed by atoms with Crippen LogP contribution in [-0.2, 0) is 4.74 Å². The van der Waals surface area contributed by atoms with E-state index in [1.165, 1.54) is 7.11 Å². The number of amides is 1. The molecule has 0 radical (unpaired) electrons. The van der Waals surface area contributed by atoms with Crippen LogP contribution >= 0.6 is 0 Å². The van der Waals surface area contributed by atoms with E-state index in [1.807, 2.05) is 30.3 Å². The number of benzene rings is 1. The number of hydrogen-bond acceptors (Lipinski definition) is 3. The summed E-state index contributed by atoms with van der Waals surface area (Å²) in [5.41, 5.74) is 1.09. The Hall–Kier alpha value is -1.71. The molecule has 82 valence electrons. The van der Waals surface area contributed by atoms with Crippen LogP contribution in [0.1, 0.15) is 6.42 Å². The Labute approximate surface area is 89.6 Å². The lowest BCUT2D eigenvalue weighted by molar-refractivity contribution is 0.171. The molecular formula is C11H16N2O2. The summed E-state index contributed by atoms with van der Waals surface area (Å²) in [5.74, 6) is 0. The molecule has 0 heterocycles. The van der Waals surface area contributed by atoms with Gasteiger partial charge in [-0.15, -0.1) is 0 Å². The van der Waals surface area contributed by atoms with Crippen LogP contribution in [0, 0.1) is 0 Å². The summed E-state index contributed by atoms with van der Waals surface area (Å²) in [4.78, 5) is 10.7. The second kappa shape index (κ2) is 6.70. The first kappa shape index (κ1) is 11.4. The molecule has 0 spiro atoms. The first-order valence-electron chi connectivity index (χ1n) is 4.93. The van der Waals surface area contributed by atoms with Crippen LogP contribution in [0.3, 0.4) is 0 Å². The lowest BCUT2D eigenvalue weighted by Crippen LogP contribution is -2.25. The van der Waals surface area contributed by atoms with Gasteiger partial charge < -0.3 is 15.4 Å². The molecule has 15 heavy (non-hydrogen) atoms.